The van der Waals surface area contributed by atoms with Gasteiger partial charge in [0.25, 0.3) is 0 Å². The summed E-state index contributed by atoms with van der Waals surface area (Å²) in [7, 11) is 0. The van der Waals surface area contributed by atoms with Crippen molar-refractivity contribution in [1.82, 2.24) is 4.98 Å². The van der Waals surface area contributed by atoms with E-state index >= 15 is 0 Å². The largest absolute Gasteiger partial charge is 0.473 e. The second kappa shape index (κ2) is 4.49. The monoisotopic (exact) mass is 270 g/mol. The number of pyridine rings is 1. The molecule has 1 fully saturated rings. The van der Waals surface area contributed by atoms with Crippen LogP contribution in [0.15, 0.2) is 16.7 Å². The van der Waals surface area contributed by atoms with Gasteiger partial charge in [0.1, 0.15) is 6.10 Å². The predicted molar refractivity (Wildman–Crippen MR) is 62.9 cm³/mol. The number of halogens is 1. The fourth-order valence-electron chi connectivity index (χ4n) is 1.83. The van der Waals surface area contributed by atoms with Crippen LogP contribution in [0.25, 0.3) is 0 Å². The molecule has 2 rings (SSSR count). The fraction of sp³-hybridized carbons (Fsp3) is 0.545. The zero-order valence-corrected chi connectivity index (χ0v) is 10.3. The first-order chi connectivity index (χ1) is 7.16. The summed E-state index contributed by atoms with van der Waals surface area (Å²) in [5, 5.41) is 0. The second-order valence-electron chi connectivity index (χ2n) is 4.02. The van der Waals surface area contributed by atoms with Crippen molar-refractivity contribution in [1.29, 1.82) is 0 Å². The first kappa shape index (κ1) is 10.9. The highest BCUT2D eigenvalue weighted by Gasteiger charge is 2.25. The lowest BCUT2D eigenvalue weighted by Gasteiger charge is -2.17. The van der Waals surface area contributed by atoms with Gasteiger partial charge in [-0.05, 0) is 47.7 Å². The van der Waals surface area contributed by atoms with E-state index in [1.165, 1.54) is 0 Å². The maximum absolute atomic E-state index is 5.93. The molecule has 0 aromatic carbocycles. The number of nitrogens with two attached hydrogens (primary N) is 1. The second-order valence-corrected chi connectivity index (χ2v) is 4.88. The van der Waals surface area contributed by atoms with E-state index in [0.717, 1.165) is 29.3 Å². The maximum Gasteiger partial charge on any atom is 0.213 e. The Morgan fingerprint density at radius 3 is 2.93 bits per heavy atom. The molecule has 2 N–H and O–H groups in total. The van der Waals surface area contributed by atoms with Gasteiger partial charge in [-0.2, -0.15) is 0 Å². The van der Waals surface area contributed by atoms with E-state index in [-0.39, 0.29) is 12.1 Å². The Bertz CT molecular complexity index is 356. The van der Waals surface area contributed by atoms with Gasteiger partial charge >= 0.3 is 0 Å². The van der Waals surface area contributed by atoms with E-state index in [1.807, 2.05) is 13.0 Å². The van der Waals surface area contributed by atoms with Crippen molar-refractivity contribution in [3.05, 3.63) is 22.3 Å². The van der Waals surface area contributed by atoms with Crippen molar-refractivity contribution in [2.24, 2.45) is 5.73 Å². The summed E-state index contributed by atoms with van der Waals surface area (Å²) in [6, 6.07) is 2.10. The average Bonchev–Trinajstić information content (AvgIpc) is 2.59. The van der Waals surface area contributed by atoms with Crippen LogP contribution < -0.4 is 10.5 Å². The van der Waals surface area contributed by atoms with Crippen molar-refractivity contribution in [2.75, 3.05) is 0 Å². The Balaban J connectivity index is 2.07. The van der Waals surface area contributed by atoms with Crippen LogP contribution in [0.2, 0.25) is 0 Å². The lowest BCUT2D eigenvalue weighted by molar-refractivity contribution is 0.183. The molecule has 0 spiro atoms. The number of nitrogens with zero attached hydrogens (tertiary/aromatic N) is 1. The summed E-state index contributed by atoms with van der Waals surface area (Å²) in [5.74, 6) is 0.679. The van der Waals surface area contributed by atoms with Crippen LogP contribution in [0, 0.1) is 6.92 Å². The molecule has 82 valence electrons. The van der Waals surface area contributed by atoms with E-state index in [0.29, 0.717) is 5.88 Å². The molecule has 1 aliphatic rings. The van der Waals surface area contributed by atoms with Crippen molar-refractivity contribution >= 4 is 15.9 Å². The van der Waals surface area contributed by atoms with Crippen LogP contribution in [-0.4, -0.2) is 17.1 Å². The zero-order valence-electron chi connectivity index (χ0n) is 8.74. The van der Waals surface area contributed by atoms with Crippen LogP contribution in [0.1, 0.15) is 24.8 Å². The van der Waals surface area contributed by atoms with Crippen LogP contribution in [-0.2, 0) is 0 Å². The van der Waals surface area contributed by atoms with E-state index in [4.69, 9.17) is 10.5 Å². The summed E-state index contributed by atoms with van der Waals surface area (Å²) >= 11 is 3.41. The quantitative estimate of drug-likeness (QED) is 0.898. The Morgan fingerprint density at radius 1 is 1.53 bits per heavy atom. The van der Waals surface area contributed by atoms with Crippen LogP contribution >= 0.6 is 15.9 Å². The lowest BCUT2D eigenvalue weighted by atomic mass is 10.2. The standard InChI is InChI=1S/C11H15BrN2O/c1-7-5-11(14-6-8(7)12)15-10-4-2-3-9(10)13/h5-6,9-10H,2-4,13H2,1H3. The molecule has 0 amide bonds. The number of rotatable bonds is 2. The third-order valence-corrected chi connectivity index (χ3v) is 3.63. The molecule has 0 bridgehead atoms. The van der Waals surface area contributed by atoms with Gasteiger partial charge in [-0.3, -0.25) is 0 Å². The first-order valence-electron chi connectivity index (χ1n) is 5.21. The molecule has 1 saturated carbocycles. The minimum absolute atomic E-state index is 0.137. The molecule has 3 nitrogen and oxygen atoms in total. The number of aromatic nitrogens is 1. The molecular formula is C11H15BrN2O. The summed E-state index contributed by atoms with van der Waals surface area (Å²) < 4.78 is 6.77. The minimum atomic E-state index is 0.137. The maximum atomic E-state index is 5.93. The summed E-state index contributed by atoms with van der Waals surface area (Å²) in [4.78, 5) is 4.21. The van der Waals surface area contributed by atoms with Gasteiger partial charge in [0, 0.05) is 22.8 Å². The van der Waals surface area contributed by atoms with Gasteiger partial charge in [-0.15, -0.1) is 0 Å². The molecule has 1 heterocycles. The van der Waals surface area contributed by atoms with Gasteiger partial charge in [0.15, 0.2) is 0 Å². The van der Waals surface area contributed by atoms with Crippen LogP contribution in [0.4, 0.5) is 0 Å². The number of ether oxygens (including phenoxy) is 1. The third-order valence-electron chi connectivity index (χ3n) is 2.80. The summed E-state index contributed by atoms with van der Waals surface area (Å²) in [5.41, 5.74) is 7.06. The number of hydrogen-bond donors (Lipinski definition) is 1. The predicted octanol–water partition coefficient (Wildman–Crippen LogP) is 2.41. The topological polar surface area (TPSA) is 48.1 Å². The molecule has 1 aliphatic carbocycles. The highest BCUT2D eigenvalue weighted by Crippen LogP contribution is 2.24. The Hall–Kier alpha value is -0.610. The lowest BCUT2D eigenvalue weighted by Crippen LogP contribution is -2.33. The molecule has 1 aromatic rings. The van der Waals surface area contributed by atoms with Crippen LogP contribution in [0.5, 0.6) is 5.88 Å². The van der Waals surface area contributed by atoms with E-state index < -0.39 is 0 Å². The first-order valence-corrected chi connectivity index (χ1v) is 6.00. The van der Waals surface area contributed by atoms with E-state index in [1.54, 1.807) is 6.20 Å². The smallest absolute Gasteiger partial charge is 0.213 e. The van der Waals surface area contributed by atoms with E-state index in [2.05, 4.69) is 20.9 Å². The molecular weight excluding hydrogens is 256 g/mol. The number of aryl methyl sites for hydroxylation is 1. The van der Waals surface area contributed by atoms with Gasteiger partial charge in [-0.25, -0.2) is 4.98 Å². The highest BCUT2D eigenvalue weighted by molar-refractivity contribution is 9.10. The number of hydrogen-bond acceptors (Lipinski definition) is 3. The van der Waals surface area contributed by atoms with Gasteiger partial charge in [0.05, 0.1) is 0 Å². The van der Waals surface area contributed by atoms with Crippen molar-refractivity contribution in [3.63, 3.8) is 0 Å². The molecule has 0 aliphatic heterocycles. The molecule has 0 radical (unpaired) electrons. The minimum Gasteiger partial charge on any atom is -0.473 e. The Morgan fingerprint density at radius 2 is 2.33 bits per heavy atom. The molecule has 0 saturated heterocycles. The summed E-state index contributed by atoms with van der Waals surface area (Å²) in [6.07, 6.45) is 5.16. The van der Waals surface area contributed by atoms with Gasteiger partial charge in [0.2, 0.25) is 5.88 Å². The van der Waals surface area contributed by atoms with E-state index in [9.17, 15) is 0 Å². The van der Waals surface area contributed by atoms with Crippen molar-refractivity contribution in [3.8, 4) is 5.88 Å². The Kier molecular flexibility index (Phi) is 3.26. The SMILES string of the molecule is Cc1cc(OC2CCCC2N)ncc1Br. The summed E-state index contributed by atoms with van der Waals surface area (Å²) in [6.45, 7) is 2.02. The molecule has 4 heteroatoms. The van der Waals surface area contributed by atoms with Gasteiger partial charge < -0.3 is 10.5 Å². The highest BCUT2D eigenvalue weighted by atomic mass is 79.9. The average molecular weight is 271 g/mol. The third kappa shape index (κ3) is 2.49. The fourth-order valence-corrected chi connectivity index (χ4v) is 2.05. The normalized spacial score (nSPS) is 25.5. The van der Waals surface area contributed by atoms with Gasteiger partial charge in [-0.1, -0.05) is 0 Å². The molecule has 15 heavy (non-hydrogen) atoms. The molecule has 2 atom stereocenters. The van der Waals surface area contributed by atoms with Crippen molar-refractivity contribution < 1.29 is 4.74 Å². The van der Waals surface area contributed by atoms with Crippen molar-refractivity contribution in [2.45, 2.75) is 38.3 Å². The van der Waals surface area contributed by atoms with Crippen LogP contribution in [0.3, 0.4) is 0 Å². The molecule has 2 unspecified atom stereocenters. The molecule has 1 aromatic heterocycles. The zero-order chi connectivity index (χ0) is 10.8. The Labute approximate surface area is 98.2 Å².